The average molecular weight is 193 g/mol. The van der Waals surface area contributed by atoms with Crippen LogP contribution in [0.4, 0.5) is 0 Å². The molecule has 1 amide bonds. The predicted octanol–water partition coefficient (Wildman–Crippen LogP) is -0.111. The molecule has 12 heavy (non-hydrogen) atoms. The molecule has 5 nitrogen and oxygen atoms in total. The van der Waals surface area contributed by atoms with Crippen LogP contribution in [0.25, 0.3) is 0 Å². The van der Waals surface area contributed by atoms with Gasteiger partial charge in [0.1, 0.15) is 0 Å². The van der Waals surface area contributed by atoms with Gasteiger partial charge in [-0.15, -0.1) is 4.52 Å². The summed E-state index contributed by atoms with van der Waals surface area (Å²) in [6.07, 6.45) is 0. The normalized spacial score (nSPS) is 11.1. The Morgan fingerprint density at radius 3 is 2.33 bits per heavy atom. The molecular weight excluding hydrogens is 181 g/mol. The lowest BCUT2D eigenvalue weighted by Gasteiger charge is -2.16. The van der Waals surface area contributed by atoms with Crippen molar-refractivity contribution in [1.82, 2.24) is 4.90 Å². The Balaban J connectivity index is 3.77. The summed E-state index contributed by atoms with van der Waals surface area (Å²) >= 11 is 0. The maximum atomic E-state index is 11.0. The summed E-state index contributed by atoms with van der Waals surface area (Å²) in [6, 6.07) is 0. The monoisotopic (exact) mass is 193 g/mol. The molecular formula is C6H12NO4P. The maximum absolute atomic E-state index is 11.0. The number of amides is 1. The lowest BCUT2D eigenvalue weighted by molar-refractivity contribution is -0.187. The minimum Gasteiger partial charge on any atom is -0.566 e. The van der Waals surface area contributed by atoms with Crippen molar-refractivity contribution in [3.05, 3.63) is 0 Å². The third-order valence-corrected chi connectivity index (χ3v) is 1.75. The highest BCUT2D eigenvalue weighted by Gasteiger charge is 2.13. The fraction of sp³-hybridized carbons (Fsp3) is 0.833. The molecule has 0 N–H and O–H groups in total. The van der Waals surface area contributed by atoms with Crippen LogP contribution in [0.15, 0.2) is 0 Å². The largest absolute Gasteiger partial charge is 0.566 e. The second-order valence-electron chi connectivity index (χ2n) is 2.06. The number of hydrogen-bond donors (Lipinski definition) is 0. The molecule has 0 rings (SSSR count). The maximum Gasteiger partial charge on any atom is 0.488 e. The fourth-order valence-electron chi connectivity index (χ4n) is 0.776. The van der Waals surface area contributed by atoms with Crippen LogP contribution in [0.3, 0.4) is 0 Å². The van der Waals surface area contributed by atoms with E-state index in [2.05, 4.69) is 4.52 Å². The summed E-state index contributed by atoms with van der Waals surface area (Å²) in [4.78, 5) is 22.5. The van der Waals surface area contributed by atoms with E-state index in [1.54, 1.807) is 0 Å². The average Bonchev–Trinajstić information content (AvgIpc) is 2.03. The van der Waals surface area contributed by atoms with Crippen LogP contribution in [0.1, 0.15) is 13.8 Å². The highest BCUT2D eigenvalue weighted by atomic mass is 31.1. The first-order chi connectivity index (χ1) is 5.61. The van der Waals surface area contributed by atoms with Gasteiger partial charge in [-0.2, -0.15) is 0 Å². The molecule has 0 aliphatic heterocycles. The van der Waals surface area contributed by atoms with E-state index in [1.165, 1.54) is 4.90 Å². The first-order valence-corrected chi connectivity index (χ1v) is 4.76. The van der Waals surface area contributed by atoms with Gasteiger partial charge in [-0.25, -0.2) is 0 Å². The van der Waals surface area contributed by atoms with Crippen molar-refractivity contribution in [2.45, 2.75) is 13.8 Å². The van der Waals surface area contributed by atoms with Gasteiger partial charge < -0.3 is 9.79 Å². The van der Waals surface area contributed by atoms with Gasteiger partial charge in [0.2, 0.25) is 0 Å². The second-order valence-corrected chi connectivity index (χ2v) is 2.77. The SMILES string of the molecule is CCN(CC)C(=O)CO[P+](=O)[O-]. The summed E-state index contributed by atoms with van der Waals surface area (Å²) in [6.45, 7) is 4.38. The summed E-state index contributed by atoms with van der Waals surface area (Å²) in [5.41, 5.74) is 0. The van der Waals surface area contributed by atoms with Crippen molar-refractivity contribution in [3.63, 3.8) is 0 Å². The van der Waals surface area contributed by atoms with Gasteiger partial charge in [-0.05, 0) is 18.4 Å². The Morgan fingerprint density at radius 1 is 1.50 bits per heavy atom. The van der Waals surface area contributed by atoms with Gasteiger partial charge in [0.05, 0.1) is 0 Å². The molecule has 0 radical (unpaired) electrons. The molecule has 0 aliphatic carbocycles. The standard InChI is InChI=1S/C6H12NO4P/c1-3-7(4-2)6(8)5-11-12(9)10/h3-5H2,1-2H3. The zero-order valence-electron chi connectivity index (χ0n) is 7.15. The van der Waals surface area contributed by atoms with E-state index in [0.717, 1.165) is 0 Å². The molecule has 0 aliphatic rings. The Hall–Kier alpha value is -0.510. The highest BCUT2D eigenvalue weighted by molar-refractivity contribution is 7.30. The molecule has 0 bridgehead atoms. The first-order valence-electron chi connectivity index (χ1n) is 3.66. The van der Waals surface area contributed by atoms with Gasteiger partial charge in [0, 0.05) is 13.1 Å². The van der Waals surface area contributed by atoms with Crippen molar-refractivity contribution < 1.29 is 18.8 Å². The summed E-state index contributed by atoms with van der Waals surface area (Å²) < 4.78 is 14.1. The van der Waals surface area contributed by atoms with Crippen LogP contribution in [-0.2, 0) is 13.9 Å². The van der Waals surface area contributed by atoms with Crippen LogP contribution in [0, 0.1) is 0 Å². The minimum absolute atomic E-state index is 0.306. The van der Waals surface area contributed by atoms with E-state index in [-0.39, 0.29) is 12.5 Å². The van der Waals surface area contributed by atoms with E-state index in [0.29, 0.717) is 13.1 Å². The van der Waals surface area contributed by atoms with Crippen molar-refractivity contribution in [2.24, 2.45) is 0 Å². The molecule has 0 aromatic carbocycles. The third kappa shape index (κ3) is 4.38. The predicted molar refractivity (Wildman–Crippen MR) is 41.5 cm³/mol. The molecule has 0 spiro atoms. The fourth-order valence-corrected chi connectivity index (χ4v) is 0.991. The lowest BCUT2D eigenvalue weighted by atomic mass is 10.5. The van der Waals surface area contributed by atoms with Gasteiger partial charge in [-0.3, -0.25) is 4.79 Å². The van der Waals surface area contributed by atoms with Gasteiger partial charge >= 0.3 is 8.25 Å². The molecule has 0 fully saturated rings. The van der Waals surface area contributed by atoms with Crippen LogP contribution in [0.2, 0.25) is 0 Å². The molecule has 0 aromatic rings. The van der Waals surface area contributed by atoms with Gasteiger partial charge in [0.15, 0.2) is 6.61 Å². The van der Waals surface area contributed by atoms with Gasteiger partial charge in [-0.1, -0.05) is 0 Å². The van der Waals surface area contributed by atoms with E-state index in [9.17, 15) is 14.3 Å². The zero-order chi connectivity index (χ0) is 9.56. The number of hydrogen-bond acceptors (Lipinski definition) is 4. The zero-order valence-corrected chi connectivity index (χ0v) is 8.04. The van der Waals surface area contributed by atoms with E-state index in [4.69, 9.17) is 0 Å². The summed E-state index contributed by atoms with van der Waals surface area (Å²) in [5.74, 6) is -0.306. The minimum atomic E-state index is -2.92. The van der Waals surface area contributed by atoms with Crippen LogP contribution >= 0.6 is 8.25 Å². The molecule has 0 saturated heterocycles. The van der Waals surface area contributed by atoms with Crippen molar-refractivity contribution in [2.75, 3.05) is 19.7 Å². The van der Waals surface area contributed by atoms with Crippen molar-refractivity contribution >= 4 is 14.2 Å². The lowest BCUT2D eigenvalue weighted by Crippen LogP contribution is -2.33. The molecule has 0 saturated carbocycles. The number of carbonyl (C=O) groups excluding carboxylic acids is 1. The second kappa shape index (κ2) is 6.06. The highest BCUT2D eigenvalue weighted by Crippen LogP contribution is 2.08. The molecule has 70 valence electrons. The quantitative estimate of drug-likeness (QED) is 0.571. The molecule has 1 unspecified atom stereocenters. The molecule has 0 heterocycles. The number of nitrogens with zero attached hydrogens (tertiary/aromatic N) is 1. The van der Waals surface area contributed by atoms with E-state index in [1.807, 2.05) is 13.8 Å². The Labute approximate surface area is 72.3 Å². The van der Waals surface area contributed by atoms with Crippen molar-refractivity contribution in [1.29, 1.82) is 0 Å². The molecule has 1 atom stereocenters. The van der Waals surface area contributed by atoms with Gasteiger partial charge in [0.25, 0.3) is 5.91 Å². The molecule has 0 aromatic heterocycles. The van der Waals surface area contributed by atoms with E-state index < -0.39 is 8.25 Å². The van der Waals surface area contributed by atoms with E-state index >= 15 is 0 Å². The number of likely N-dealkylation sites (N-methyl/N-ethyl adjacent to an activating group) is 1. The Morgan fingerprint density at radius 2 is 2.00 bits per heavy atom. The number of rotatable bonds is 5. The summed E-state index contributed by atoms with van der Waals surface area (Å²) in [7, 11) is -2.92. The first kappa shape index (κ1) is 11.5. The summed E-state index contributed by atoms with van der Waals surface area (Å²) in [5, 5.41) is 0. The third-order valence-electron chi connectivity index (χ3n) is 1.41. The van der Waals surface area contributed by atoms with Crippen molar-refractivity contribution in [3.8, 4) is 0 Å². The Bertz CT molecular complexity index is 169. The molecule has 6 heteroatoms. The number of carbonyl (C=O) groups is 1. The topological polar surface area (TPSA) is 69.7 Å². The smallest absolute Gasteiger partial charge is 0.488 e. The Kier molecular flexibility index (Phi) is 5.80. The van der Waals surface area contributed by atoms with Crippen LogP contribution in [0.5, 0.6) is 0 Å². The van der Waals surface area contributed by atoms with Crippen LogP contribution < -0.4 is 4.89 Å². The van der Waals surface area contributed by atoms with Crippen LogP contribution in [-0.4, -0.2) is 30.5 Å².